The minimum atomic E-state index is 0.108. The highest BCUT2D eigenvalue weighted by molar-refractivity contribution is 6.03. The number of pyridine rings is 2. The van der Waals surface area contributed by atoms with Crippen LogP contribution < -0.4 is 9.64 Å². The molecular weight excluding hydrogens is 414 g/mol. The van der Waals surface area contributed by atoms with Gasteiger partial charge in [-0.15, -0.1) is 0 Å². The van der Waals surface area contributed by atoms with Gasteiger partial charge in [0, 0.05) is 24.3 Å². The van der Waals surface area contributed by atoms with Gasteiger partial charge >= 0.3 is 0 Å². The summed E-state index contributed by atoms with van der Waals surface area (Å²) in [6.45, 7) is 10.5. The van der Waals surface area contributed by atoms with Crippen molar-refractivity contribution in [2.45, 2.75) is 39.8 Å². The number of aryl methyl sites for hydroxylation is 1. The molecule has 0 aliphatic carbocycles. The largest absolute Gasteiger partial charge is 0.491 e. The molecule has 1 unspecified atom stereocenters. The van der Waals surface area contributed by atoms with Crippen LogP contribution in [-0.2, 0) is 4.74 Å². The SMILES string of the molecule is Cc1cnc(-c2ccn[nH]2)c2nc(N3CCOCC3C)cc(-c3cccc(OC(C)C)c3)c12. The summed E-state index contributed by atoms with van der Waals surface area (Å²) in [5.74, 6) is 1.78. The molecule has 0 radical (unpaired) electrons. The third-order valence-corrected chi connectivity index (χ3v) is 5.95. The number of morpholine rings is 1. The Morgan fingerprint density at radius 2 is 2.09 bits per heavy atom. The lowest BCUT2D eigenvalue weighted by atomic mass is 9.97. The normalized spacial score (nSPS) is 16.5. The van der Waals surface area contributed by atoms with Crippen LogP contribution in [0, 0.1) is 6.92 Å². The molecule has 0 spiro atoms. The minimum absolute atomic E-state index is 0.108. The van der Waals surface area contributed by atoms with Crippen molar-refractivity contribution in [3.8, 4) is 28.3 Å². The molecule has 1 aliphatic heterocycles. The predicted octanol–water partition coefficient (Wildman–Crippen LogP) is 5.01. The van der Waals surface area contributed by atoms with Crippen LogP contribution in [0.3, 0.4) is 0 Å². The van der Waals surface area contributed by atoms with Crippen molar-refractivity contribution in [1.82, 2.24) is 20.2 Å². The first kappa shape index (κ1) is 21.4. The number of H-pyrrole nitrogens is 1. The summed E-state index contributed by atoms with van der Waals surface area (Å²) in [6.07, 6.45) is 3.76. The molecule has 7 nitrogen and oxygen atoms in total. The molecule has 1 aliphatic rings. The summed E-state index contributed by atoms with van der Waals surface area (Å²) in [7, 11) is 0. The monoisotopic (exact) mass is 443 g/mol. The van der Waals surface area contributed by atoms with Crippen LogP contribution >= 0.6 is 0 Å². The summed E-state index contributed by atoms with van der Waals surface area (Å²) in [5.41, 5.74) is 5.79. The Hall–Kier alpha value is -3.45. The van der Waals surface area contributed by atoms with E-state index in [-0.39, 0.29) is 12.1 Å². The molecular formula is C26H29N5O2. The molecule has 1 N–H and O–H groups in total. The van der Waals surface area contributed by atoms with Gasteiger partial charge in [0.15, 0.2) is 0 Å². The second kappa shape index (κ2) is 8.83. The highest BCUT2D eigenvalue weighted by Gasteiger charge is 2.24. The molecule has 4 heterocycles. The molecule has 1 aromatic carbocycles. The molecule has 1 fully saturated rings. The van der Waals surface area contributed by atoms with Gasteiger partial charge in [0.1, 0.15) is 22.8 Å². The summed E-state index contributed by atoms with van der Waals surface area (Å²) in [4.78, 5) is 12.2. The zero-order valence-electron chi connectivity index (χ0n) is 19.5. The highest BCUT2D eigenvalue weighted by atomic mass is 16.5. The Labute approximate surface area is 193 Å². The molecule has 33 heavy (non-hydrogen) atoms. The number of anilines is 1. The number of nitrogens with one attached hydrogen (secondary N) is 1. The first-order chi connectivity index (χ1) is 16.0. The molecule has 7 heteroatoms. The first-order valence-corrected chi connectivity index (χ1v) is 11.4. The number of fused-ring (bicyclic) bond motifs is 1. The van der Waals surface area contributed by atoms with Gasteiger partial charge in [0.2, 0.25) is 0 Å². The van der Waals surface area contributed by atoms with Crippen LogP contribution in [0.25, 0.3) is 33.4 Å². The lowest BCUT2D eigenvalue weighted by molar-refractivity contribution is 0.0986. The Kier molecular flexibility index (Phi) is 5.72. The van der Waals surface area contributed by atoms with E-state index in [0.717, 1.165) is 57.1 Å². The van der Waals surface area contributed by atoms with Gasteiger partial charge in [-0.1, -0.05) is 12.1 Å². The van der Waals surface area contributed by atoms with E-state index < -0.39 is 0 Å². The summed E-state index contributed by atoms with van der Waals surface area (Å²) >= 11 is 0. The van der Waals surface area contributed by atoms with Crippen molar-refractivity contribution >= 4 is 16.7 Å². The van der Waals surface area contributed by atoms with Gasteiger partial charge in [-0.2, -0.15) is 5.10 Å². The van der Waals surface area contributed by atoms with E-state index in [2.05, 4.69) is 47.1 Å². The predicted molar refractivity (Wildman–Crippen MR) is 131 cm³/mol. The topological polar surface area (TPSA) is 76.2 Å². The summed E-state index contributed by atoms with van der Waals surface area (Å²) in [5, 5.41) is 8.28. The number of nitrogens with zero attached hydrogens (tertiary/aromatic N) is 4. The molecule has 0 bridgehead atoms. The van der Waals surface area contributed by atoms with Crippen molar-refractivity contribution in [2.24, 2.45) is 0 Å². The number of ether oxygens (including phenoxy) is 2. The lowest BCUT2D eigenvalue weighted by Crippen LogP contribution is -2.44. The number of benzene rings is 1. The maximum atomic E-state index is 6.00. The second-order valence-electron chi connectivity index (χ2n) is 8.82. The Morgan fingerprint density at radius 3 is 2.85 bits per heavy atom. The van der Waals surface area contributed by atoms with Crippen molar-refractivity contribution in [3.05, 3.63) is 54.4 Å². The number of hydrogen-bond acceptors (Lipinski definition) is 6. The number of aromatic amines is 1. The van der Waals surface area contributed by atoms with Crippen molar-refractivity contribution in [3.63, 3.8) is 0 Å². The molecule has 0 amide bonds. The van der Waals surface area contributed by atoms with Crippen LogP contribution in [0.1, 0.15) is 26.3 Å². The van der Waals surface area contributed by atoms with E-state index in [1.807, 2.05) is 38.2 Å². The van der Waals surface area contributed by atoms with Gasteiger partial charge in [-0.05, 0) is 68.7 Å². The summed E-state index contributed by atoms with van der Waals surface area (Å²) in [6, 6.07) is 12.6. The number of hydrogen-bond donors (Lipinski definition) is 1. The van der Waals surface area contributed by atoms with Gasteiger partial charge in [0.05, 0.1) is 31.1 Å². The summed E-state index contributed by atoms with van der Waals surface area (Å²) < 4.78 is 11.7. The standard InChI is InChI=1S/C26H29N5O2/c1-16(2)33-20-7-5-6-19(12-20)21-13-23(31-10-11-32-15-18(31)4)29-26-24(21)17(3)14-27-25(26)22-8-9-28-30-22/h5-9,12-14,16,18H,10-11,15H2,1-4H3,(H,28,30). The zero-order chi connectivity index (χ0) is 22.9. The van der Waals surface area contributed by atoms with Crippen LogP contribution in [0.5, 0.6) is 5.75 Å². The molecule has 3 aromatic heterocycles. The quantitative estimate of drug-likeness (QED) is 0.467. The smallest absolute Gasteiger partial charge is 0.130 e. The van der Waals surface area contributed by atoms with Crippen molar-refractivity contribution in [1.29, 1.82) is 0 Å². The van der Waals surface area contributed by atoms with E-state index >= 15 is 0 Å². The van der Waals surface area contributed by atoms with Crippen molar-refractivity contribution < 1.29 is 9.47 Å². The molecule has 1 saturated heterocycles. The fourth-order valence-electron chi connectivity index (χ4n) is 4.43. The Morgan fingerprint density at radius 1 is 1.21 bits per heavy atom. The minimum Gasteiger partial charge on any atom is -0.491 e. The van der Waals surface area contributed by atoms with E-state index in [1.54, 1.807) is 6.20 Å². The molecule has 1 atom stereocenters. The Bertz CT molecular complexity index is 1270. The van der Waals surface area contributed by atoms with Gasteiger partial charge in [-0.3, -0.25) is 10.1 Å². The second-order valence-corrected chi connectivity index (χ2v) is 8.82. The first-order valence-electron chi connectivity index (χ1n) is 11.4. The third kappa shape index (κ3) is 4.16. The molecule has 5 rings (SSSR count). The maximum Gasteiger partial charge on any atom is 0.130 e. The number of aromatic nitrogens is 4. The average molecular weight is 444 g/mol. The van der Waals surface area contributed by atoms with E-state index in [9.17, 15) is 0 Å². The Balaban J connectivity index is 1.78. The fourth-order valence-corrected chi connectivity index (χ4v) is 4.43. The van der Waals surface area contributed by atoms with Gasteiger partial charge in [0.25, 0.3) is 0 Å². The number of rotatable bonds is 5. The molecule has 4 aromatic rings. The van der Waals surface area contributed by atoms with Crippen LogP contribution in [0.2, 0.25) is 0 Å². The van der Waals surface area contributed by atoms with Gasteiger partial charge < -0.3 is 14.4 Å². The maximum absolute atomic E-state index is 6.00. The van der Waals surface area contributed by atoms with Crippen molar-refractivity contribution in [2.75, 3.05) is 24.7 Å². The van der Waals surface area contributed by atoms with Gasteiger partial charge in [-0.25, -0.2) is 4.98 Å². The fraction of sp³-hybridized carbons (Fsp3) is 0.346. The highest BCUT2D eigenvalue weighted by Crippen LogP contribution is 2.38. The van der Waals surface area contributed by atoms with Crippen LogP contribution in [0.4, 0.5) is 5.82 Å². The zero-order valence-corrected chi connectivity index (χ0v) is 19.5. The van der Waals surface area contributed by atoms with Crippen LogP contribution in [0.15, 0.2) is 48.8 Å². The van der Waals surface area contributed by atoms with Crippen LogP contribution in [-0.4, -0.2) is 52.1 Å². The van der Waals surface area contributed by atoms with E-state index in [1.165, 1.54) is 0 Å². The lowest BCUT2D eigenvalue weighted by Gasteiger charge is -2.34. The van der Waals surface area contributed by atoms with E-state index in [0.29, 0.717) is 13.2 Å². The molecule has 0 saturated carbocycles. The molecule has 170 valence electrons. The van der Waals surface area contributed by atoms with E-state index in [4.69, 9.17) is 19.4 Å². The third-order valence-electron chi connectivity index (χ3n) is 5.95. The average Bonchev–Trinajstić information content (AvgIpc) is 3.33.